The molecule has 2 saturated carbocycles. The van der Waals surface area contributed by atoms with Gasteiger partial charge in [-0.3, -0.25) is 4.79 Å². The van der Waals surface area contributed by atoms with Crippen LogP contribution < -0.4 is 0 Å². The fourth-order valence-electron chi connectivity index (χ4n) is 6.09. The quantitative estimate of drug-likeness (QED) is 0.772. The van der Waals surface area contributed by atoms with Crippen LogP contribution in [0.15, 0.2) is 0 Å². The summed E-state index contributed by atoms with van der Waals surface area (Å²) in [5.41, 5.74) is 0.243. The lowest BCUT2D eigenvalue weighted by Crippen LogP contribution is -2.51. The highest BCUT2D eigenvalue weighted by molar-refractivity contribution is 5.71. The number of esters is 1. The minimum Gasteiger partial charge on any atom is -0.462 e. The topological polar surface area (TPSA) is 46.5 Å². The van der Waals surface area contributed by atoms with Gasteiger partial charge < -0.3 is 9.84 Å². The van der Waals surface area contributed by atoms with Crippen LogP contribution >= 0.6 is 0 Å². The summed E-state index contributed by atoms with van der Waals surface area (Å²) in [6, 6.07) is 0. The van der Waals surface area contributed by atoms with E-state index in [0.29, 0.717) is 24.2 Å². The molecule has 0 spiro atoms. The predicted octanol–water partition coefficient (Wildman–Crippen LogP) is 4.18. The van der Waals surface area contributed by atoms with Gasteiger partial charge in [0, 0.05) is 11.8 Å². The molecule has 1 N–H and O–H groups in total. The maximum Gasteiger partial charge on any atom is 0.306 e. The van der Waals surface area contributed by atoms with Gasteiger partial charge in [0.05, 0.1) is 12.5 Å². The van der Waals surface area contributed by atoms with Gasteiger partial charge in [0.2, 0.25) is 0 Å². The SMILES string of the molecule is CC(C)CCC[C@@H](C)[C@H]1C[C@@H]2OC(=O)C[C@@H]3[C@@H]2[C@]1(C)CC[C@@H]3O. The van der Waals surface area contributed by atoms with Gasteiger partial charge in [-0.15, -0.1) is 0 Å². The molecule has 0 aromatic rings. The second kappa shape index (κ2) is 6.38. The first-order valence-corrected chi connectivity index (χ1v) is 9.70. The van der Waals surface area contributed by atoms with E-state index < -0.39 is 0 Å². The molecule has 0 bridgehead atoms. The molecule has 0 aromatic heterocycles. The van der Waals surface area contributed by atoms with Crippen LogP contribution in [0.3, 0.4) is 0 Å². The van der Waals surface area contributed by atoms with Crippen molar-refractivity contribution in [1.29, 1.82) is 0 Å². The Bertz CT molecular complexity index is 446. The lowest BCUT2D eigenvalue weighted by atomic mass is 9.57. The summed E-state index contributed by atoms with van der Waals surface area (Å²) in [5.74, 6) is 2.51. The van der Waals surface area contributed by atoms with Gasteiger partial charge in [-0.05, 0) is 42.4 Å². The Morgan fingerprint density at radius 3 is 2.74 bits per heavy atom. The van der Waals surface area contributed by atoms with Crippen LogP contribution in [0, 0.1) is 35.0 Å². The summed E-state index contributed by atoms with van der Waals surface area (Å²) in [5, 5.41) is 10.4. The van der Waals surface area contributed by atoms with E-state index in [1.54, 1.807) is 0 Å². The number of hydrogen-bond donors (Lipinski definition) is 1. The fourth-order valence-corrected chi connectivity index (χ4v) is 6.09. The highest BCUT2D eigenvalue weighted by atomic mass is 16.5. The minimum atomic E-state index is -0.307. The third-order valence-electron chi connectivity index (χ3n) is 7.24. The van der Waals surface area contributed by atoms with E-state index in [1.807, 2.05) is 0 Å². The van der Waals surface area contributed by atoms with Gasteiger partial charge in [0.25, 0.3) is 0 Å². The zero-order valence-corrected chi connectivity index (χ0v) is 15.3. The second-order valence-corrected chi connectivity index (χ2v) is 9.18. The summed E-state index contributed by atoms with van der Waals surface area (Å²) >= 11 is 0. The van der Waals surface area contributed by atoms with Crippen molar-refractivity contribution in [3.8, 4) is 0 Å². The van der Waals surface area contributed by atoms with Gasteiger partial charge in [0.1, 0.15) is 6.10 Å². The molecular weight excluding hydrogens is 288 g/mol. The average molecular weight is 322 g/mol. The standard InChI is InChI=1S/C20H34O3/c1-12(2)6-5-7-13(3)15-11-17-19-14(10-18(22)23-17)16(21)8-9-20(15,19)4/h12-17,19,21H,5-11H2,1-4H3/t13-,14+,15-,16+,17+,19+,20-/m1/s1. The summed E-state index contributed by atoms with van der Waals surface area (Å²) in [7, 11) is 0. The van der Waals surface area contributed by atoms with Crippen molar-refractivity contribution in [2.75, 3.05) is 0 Å². The molecule has 3 fully saturated rings. The van der Waals surface area contributed by atoms with Gasteiger partial charge >= 0.3 is 5.97 Å². The fraction of sp³-hybridized carbons (Fsp3) is 0.950. The maximum atomic E-state index is 11.9. The lowest BCUT2D eigenvalue weighted by molar-refractivity contribution is -0.175. The van der Waals surface area contributed by atoms with Crippen LogP contribution in [-0.2, 0) is 9.53 Å². The van der Waals surface area contributed by atoms with Crippen molar-refractivity contribution in [1.82, 2.24) is 0 Å². The third-order valence-corrected chi connectivity index (χ3v) is 7.24. The molecule has 0 unspecified atom stereocenters. The molecular formula is C20H34O3. The summed E-state index contributed by atoms with van der Waals surface area (Å²) in [4.78, 5) is 11.9. The number of aliphatic hydroxyl groups is 1. The third kappa shape index (κ3) is 3.06. The molecule has 3 heteroatoms. The van der Waals surface area contributed by atoms with E-state index in [4.69, 9.17) is 4.74 Å². The van der Waals surface area contributed by atoms with Crippen molar-refractivity contribution in [3.05, 3.63) is 0 Å². The molecule has 3 nitrogen and oxygen atoms in total. The molecule has 0 radical (unpaired) electrons. The Balaban J connectivity index is 1.74. The first-order chi connectivity index (χ1) is 10.8. The largest absolute Gasteiger partial charge is 0.462 e. The Labute approximate surface area is 141 Å². The number of carbonyl (C=O) groups is 1. The molecule has 7 atom stereocenters. The van der Waals surface area contributed by atoms with Crippen molar-refractivity contribution in [2.45, 2.75) is 84.8 Å². The molecule has 0 amide bonds. The number of aliphatic hydroxyl groups excluding tert-OH is 1. The average Bonchev–Trinajstić information content (AvgIpc) is 2.76. The van der Waals surface area contributed by atoms with Crippen LogP contribution in [0.4, 0.5) is 0 Å². The Kier molecular flexibility index (Phi) is 4.79. The van der Waals surface area contributed by atoms with E-state index in [9.17, 15) is 9.90 Å². The predicted molar refractivity (Wildman–Crippen MR) is 90.8 cm³/mol. The van der Waals surface area contributed by atoms with Crippen LogP contribution in [0.1, 0.15) is 72.6 Å². The van der Waals surface area contributed by atoms with Crippen LogP contribution in [-0.4, -0.2) is 23.3 Å². The Morgan fingerprint density at radius 1 is 1.30 bits per heavy atom. The highest BCUT2D eigenvalue weighted by Crippen LogP contribution is 2.62. The minimum absolute atomic E-state index is 0.0544. The smallest absolute Gasteiger partial charge is 0.306 e. The Hall–Kier alpha value is -0.570. The molecule has 1 heterocycles. The number of carbonyl (C=O) groups excluding carboxylic acids is 1. The molecule has 3 aliphatic rings. The number of hydrogen-bond acceptors (Lipinski definition) is 3. The van der Waals surface area contributed by atoms with E-state index in [2.05, 4.69) is 27.7 Å². The molecule has 3 rings (SSSR count). The van der Waals surface area contributed by atoms with Gasteiger partial charge in [-0.1, -0.05) is 47.0 Å². The van der Waals surface area contributed by atoms with Gasteiger partial charge in [-0.25, -0.2) is 0 Å². The second-order valence-electron chi connectivity index (χ2n) is 9.18. The number of ether oxygens (including phenoxy) is 1. The summed E-state index contributed by atoms with van der Waals surface area (Å²) in [6.45, 7) is 9.40. The molecule has 132 valence electrons. The lowest BCUT2D eigenvalue weighted by Gasteiger charge is -2.50. The van der Waals surface area contributed by atoms with Crippen LogP contribution in [0.5, 0.6) is 0 Å². The normalized spacial score (nSPS) is 44.1. The van der Waals surface area contributed by atoms with Crippen molar-refractivity contribution < 1.29 is 14.6 Å². The van der Waals surface area contributed by atoms with Gasteiger partial charge in [0.15, 0.2) is 0 Å². The summed E-state index contributed by atoms with van der Waals surface area (Å²) in [6.07, 6.45) is 7.00. The van der Waals surface area contributed by atoms with Crippen molar-refractivity contribution >= 4 is 5.97 Å². The van der Waals surface area contributed by atoms with Crippen LogP contribution in [0.25, 0.3) is 0 Å². The van der Waals surface area contributed by atoms with E-state index in [0.717, 1.165) is 25.2 Å². The van der Waals surface area contributed by atoms with Crippen LogP contribution in [0.2, 0.25) is 0 Å². The zero-order valence-electron chi connectivity index (χ0n) is 15.3. The molecule has 1 saturated heterocycles. The molecule has 23 heavy (non-hydrogen) atoms. The highest BCUT2D eigenvalue weighted by Gasteiger charge is 2.62. The summed E-state index contributed by atoms with van der Waals surface area (Å²) < 4.78 is 5.73. The zero-order chi connectivity index (χ0) is 16.8. The monoisotopic (exact) mass is 322 g/mol. The van der Waals surface area contributed by atoms with Gasteiger partial charge in [-0.2, -0.15) is 0 Å². The van der Waals surface area contributed by atoms with E-state index >= 15 is 0 Å². The van der Waals surface area contributed by atoms with Crippen molar-refractivity contribution in [2.24, 2.45) is 35.0 Å². The first kappa shape index (κ1) is 17.3. The van der Waals surface area contributed by atoms with Crippen molar-refractivity contribution in [3.63, 3.8) is 0 Å². The van der Waals surface area contributed by atoms with E-state index in [-0.39, 0.29) is 29.5 Å². The van der Waals surface area contributed by atoms with E-state index in [1.165, 1.54) is 19.3 Å². The molecule has 0 aromatic carbocycles. The maximum absolute atomic E-state index is 11.9. The molecule has 2 aliphatic carbocycles. The molecule has 1 aliphatic heterocycles. The Morgan fingerprint density at radius 2 is 2.04 bits per heavy atom. The first-order valence-electron chi connectivity index (χ1n) is 9.70. The number of rotatable bonds is 5.